The molecule has 2 rings (SSSR count). The zero-order valence-corrected chi connectivity index (χ0v) is 13.5. The lowest BCUT2D eigenvalue weighted by atomic mass is 9.86. The molecule has 0 aliphatic heterocycles. The van der Waals surface area contributed by atoms with Crippen LogP contribution < -0.4 is 10.6 Å². The van der Waals surface area contributed by atoms with E-state index in [1.807, 2.05) is 25.1 Å². The predicted molar refractivity (Wildman–Crippen MR) is 87.7 cm³/mol. The van der Waals surface area contributed by atoms with E-state index in [2.05, 4.69) is 17.6 Å². The number of benzene rings is 1. The van der Waals surface area contributed by atoms with Gasteiger partial charge in [0.15, 0.2) is 0 Å². The summed E-state index contributed by atoms with van der Waals surface area (Å²) >= 11 is 0. The van der Waals surface area contributed by atoms with Crippen LogP contribution in [0, 0.1) is 12.8 Å². The van der Waals surface area contributed by atoms with Crippen LogP contribution in [-0.4, -0.2) is 24.4 Å². The van der Waals surface area contributed by atoms with Crippen LogP contribution in [0.3, 0.4) is 0 Å². The Morgan fingerprint density at radius 1 is 1.23 bits per heavy atom. The Hall–Kier alpha value is -1.84. The molecule has 2 amide bonds. The van der Waals surface area contributed by atoms with Crippen molar-refractivity contribution in [2.45, 2.75) is 52.0 Å². The SMILES string of the molecule is Cc1cccc(C(=O)NCCC(=O)N[C@H]2CCCC[C@@H]2C)c1. The Bertz CT molecular complexity index is 528. The first kappa shape index (κ1) is 16.5. The largest absolute Gasteiger partial charge is 0.353 e. The second-order valence-corrected chi connectivity index (χ2v) is 6.31. The molecule has 4 heteroatoms. The number of nitrogens with one attached hydrogen (secondary N) is 2. The average molecular weight is 302 g/mol. The molecule has 22 heavy (non-hydrogen) atoms. The summed E-state index contributed by atoms with van der Waals surface area (Å²) in [6.07, 6.45) is 5.05. The van der Waals surface area contributed by atoms with E-state index in [-0.39, 0.29) is 11.8 Å². The van der Waals surface area contributed by atoms with Crippen LogP contribution in [-0.2, 0) is 4.79 Å². The molecule has 2 atom stereocenters. The Balaban J connectivity index is 1.71. The van der Waals surface area contributed by atoms with Gasteiger partial charge in [0.2, 0.25) is 5.91 Å². The van der Waals surface area contributed by atoms with Crippen LogP contribution in [0.2, 0.25) is 0 Å². The molecule has 1 aromatic carbocycles. The van der Waals surface area contributed by atoms with Gasteiger partial charge in [0.1, 0.15) is 0 Å². The zero-order valence-electron chi connectivity index (χ0n) is 13.5. The van der Waals surface area contributed by atoms with E-state index in [1.54, 1.807) is 6.07 Å². The van der Waals surface area contributed by atoms with Crippen molar-refractivity contribution < 1.29 is 9.59 Å². The van der Waals surface area contributed by atoms with E-state index < -0.39 is 0 Å². The molecule has 1 aliphatic carbocycles. The lowest BCUT2D eigenvalue weighted by Gasteiger charge is -2.29. The maximum Gasteiger partial charge on any atom is 0.251 e. The predicted octanol–water partition coefficient (Wildman–Crippen LogP) is 2.81. The monoisotopic (exact) mass is 302 g/mol. The third kappa shape index (κ3) is 4.86. The molecule has 0 saturated heterocycles. The highest BCUT2D eigenvalue weighted by Crippen LogP contribution is 2.23. The van der Waals surface area contributed by atoms with E-state index in [4.69, 9.17) is 0 Å². The Labute approximate surface area is 132 Å². The number of aryl methyl sites for hydroxylation is 1. The van der Waals surface area contributed by atoms with E-state index >= 15 is 0 Å². The first-order chi connectivity index (χ1) is 10.6. The molecular weight excluding hydrogens is 276 g/mol. The summed E-state index contributed by atoms with van der Waals surface area (Å²) < 4.78 is 0. The molecule has 1 aromatic rings. The summed E-state index contributed by atoms with van der Waals surface area (Å²) in [6, 6.07) is 7.75. The Morgan fingerprint density at radius 2 is 2.00 bits per heavy atom. The van der Waals surface area contributed by atoms with Gasteiger partial charge in [-0.15, -0.1) is 0 Å². The molecule has 1 fully saturated rings. The summed E-state index contributed by atoms with van der Waals surface area (Å²) in [4.78, 5) is 23.9. The van der Waals surface area contributed by atoms with Gasteiger partial charge in [-0.3, -0.25) is 9.59 Å². The topological polar surface area (TPSA) is 58.2 Å². The lowest BCUT2D eigenvalue weighted by molar-refractivity contribution is -0.122. The molecule has 0 spiro atoms. The van der Waals surface area contributed by atoms with Crippen LogP contribution in [0.5, 0.6) is 0 Å². The molecule has 0 aromatic heterocycles. The zero-order chi connectivity index (χ0) is 15.9. The fraction of sp³-hybridized carbons (Fsp3) is 0.556. The highest BCUT2D eigenvalue weighted by molar-refractivity contribution is 5.94. The number of carbonyl (C=O) groups excluding carboxylic acids is 2. The number of hydrogen-bond acceptors (Lipinski definition) is 2. The molecule has 0 radical (unpaired) electrons. The van der Waals surface area contributed by atoms with Gasteiger partial charge in [-0.1, -0.05) is 37.5 Å². The second kappa shape index (κ2) is 7.97. The van der Waals surface area contributed by atoms with Crippen LogP contribution in [0.4, 0.5) is 0 Å². The minimum atomic E-state index is -0.123. The van der Waals surface area contributed by atoms with Gasteiger partial charge in [0, 0.05) is 24.6 Å². The third-order valence-electron chi connectivity index (χ3n) is 4.38. The van der Waals surface area contributed by atoms with E-state index in [1.165, 1.54) is 19.3 Å². The second-order valence-electron chi connectivity index (χ2n) is 6.31. The van der Waals surface area contributed by atoms with Crippen molar-refractivity contribution in [3.05, 3.63) is 35.4 Å². The van der Waals surface area contributed by atoms with Crippen molar-refractivity contribution >= 4 is 11.8 Å². The maximum atomic E-state index is 12.0. The number of amides is 2. The summed E-state index contributed by atoms with van der Waals surface area (Å²) in [5.74, 6) is 0.463. The smallest absolute Gasteiger partial charge is 0.251 e. The van der Waals surface area contributed by atoms with Gasteiger partial charge >= 0.3 is 0 Å². The van der Waals surface area contributed by atoms with E-state index in [0.29, 0.717) is 30.5 Å². The average Bonchev–Trinajstić information content (AvgIpc) is 2.49. The molecule has 0 heterocycles. The molecule has 120 valence electrons. The Morgan fingerprint density at radius 3 is 2.73 bits per heavy atom. The van der Waals surface area contributed by atoms with Gasteiger partial charge in [-0.25, -0.2) is 0 Å². The van der Waals surface area contributed by atoms with Crippen molar-refractivity contribution in [3.63, 3.8) is 0 Å². The third-order valence-corrected chi connectivity index (χ3v) is 4.38. The molecule has 1 aliphatic rings. The molecular formula is C18H26N2O2. The lowest BCUT2D eigenvalue weighted by Crippen LogP contribution is -2.42. The van der Waals surface area contributed by atoms with E-state index in [9.17, 15) is 9.59 Å². The van der Waals surface area contributed by atoms with Gasteiger partial charge in [0.05, 0.1) is 0 Å². The van der Waals surface area contributed by atoms with Crippen LogP contribution in [0.1, 0.15) is 54.9 Å². The maximum absolute atomic E-state index is 12.0. The highest BCUT2D eigenvalue weighted by Gasteiger charge is 2.22. The molecule has 2 N–H and O–H groups in total. The first-order valence-electron chi connectivity index (χ1n) is 8.20. The van der Waals surface area contributed by atoms with Crippen molar-refractivity contribution in [1.29, 1.82) is 0 Å². The highest BCUT2D eigenvalue weighted by atomic mass is 16.2. The quantitative estimate of drug-likeness (QED) is 0.878. The Kier molecular flexibility index (Phi) is 5.99. The number of hydrogen-bond donors (Lipinski definition) is 2. The van der Waals surface area contributed by atoms with Crippen molar-refractivity contribution in [3.8, 4) is 0 Å². The van der Waals surface area contributed by atoms with Crippen LogP contribution in [0.25, 0.3) is 0 Å². The molecule has 0 bridgehead atoms. The minimum absolute atomic E-state index is 0.0308. The van der Waals surface area contributed by atoms with Crippen molar-refractivity contribution in [2.75, 3.05) is 6.54 Å². The van der Waals surface area contributed by atoms with Crippen molar-refractivity contribution in [2.24, 2.45) is 5.92 Å². The van der Waals surface area contributed by atoms with Crippen LogP contribution in [0.15, 0.2) is 24.3 Å². The summed E-state index contributed by atoms with van der Waals surface area (Å²) in [6.45, 7) is 4.53. The molecule has 4 nitrogen and oxygen atoms in total. The van der Waals surface area contributed by atoms with Gasteiger partial charge in [-0.2, -0.15) is 0 Å². The van der Waals surface area contributed by atoms with E-state index in [0.717, 1.165) is 12.0 Å². The standard InChI is InChI=1S/C18H26N2O2/c1-13-6-5-8-15(12-13)18(22)19-11-10-17(21)20-16-9-4-3-7-14(16)2/h5-6,8,12,14,16H,3-4,7,9-11H2,1-2H3,(H,19,22)(H,20,21)/t14-,16-/m0/s1. The fourth-order valence-corrected chi connectivity index (χ4v) is 2.99. The van der Waals surface area contributed by atoms with Gasteiger partial charge in [0.25, 0.3) is 5.91 Å². The number of carbonyl (C=O) groups is 2. The van der Waals surface area contributed by atoms with Crippen molar-refractivity contribution in [1.82, 2.24) is 10.6 Å². The molecule has 0 unspecified atom stereocenters. The summed E-state index contributed by atoms with van der Waals surface area (Å²) in [5.41, 5.74) is 1.69. The summed E-state index contributed by atoms with van der Waals surface area (Å²) in [5, 5.41) is 5.91. The van der Waals surface area contributed by atoms with Gasteiger partial charge < -0.3 is 10.6 Å². The minimum Gasteiger partial charge on any atom is -0.353 e. The van der Waals surface area contributed by atoms with Gasteiger partial charge in [-0.05, 0) is 37.8 Å². The first-order valence-corrected chi connectivity index (χ1v) is 8.20. The number of rotatable bonds is 5. The van der Waals surface area contributed by atoms with Crippen LogP contribution >= 0.6 is 0 Å². The fourth-order valence-electron chi connectivity index (χ4n) is 2.99. The summed E-state index contributed by atoms with van der Waals surface area (Å²) in [7, 11) is 0. The molecule has 1 saturated carbocycles. The normalized spacial score (nSPS) is 21.2.